The molecular formula is C6H13NO3. The maximum Gasteiger partial charge on any atom is 0.303 e. The van der Waals surface area contributed by atoms with E-state index in [9.17, 15) is 4.79 Å². The first-order chi connectivity index (χ1) is 4.66. The van der Waals surface area contributed by atoms with Crippen LogP contribution in [-0.4, -0.2) is 23.9 Å². The third-order valence-corrected chi connectivity index (χ3v) is 1.02. The van der Waals surface area contributed by atoms with Crippen LogP contribution in [0.15, 0.2) is 0 Å². The van der Waals surface area contributed by atoms with Gasteiger partial charge in [-0.15, -0.1) is 0 Å². The van der Waals surface area contributed by atoms with Crippen molar-refractivity contribution in [2.75, 3.05) is 6.61 Å². The highest BCUT2D eigenvalue weighted by atomic mass is 16.5. The van der Waals surface area contributed by atoms with Crippen LogP contribution in [0, 0.1) is 0 Å². The minimum atomic E-state index is -0.838. The number of rotatable bonds is 5. The van der Waals surface area contributed by atoms with E-state index >= 15 is 0 Å². The molecule has 0 radical (unpaired) electrons. The highest BCUT2D eigenvalue weighted by Crippen LogP contribution is 1.95. The van der Waals surface area contributed by atoms with Crippen molar-refractivity contribution in [2.45, 2.75) is 26.0 Å². The summed E-state index contributed by atoms with van der Waals surface area (Å²) in [7, 11) is 0. The third kappa shape index (κ3) is 5.53. The molecule has 0 rings (SSSR count). The fourth-order valence-electron chi connectivity index (χ4n) is 0.563. The Hall–Kier alpha value is -0.610. The van der Waals surface area contributed by atoms with Crippen LogP contribution >= 0.6 is 0 Å². The molecule has 0 aromatic rings. The van der Waals surface area contributed by atoms with Crippen molar-refractivity contribution < 1.29 is 14.6 Å². The standard InChI is InChI=1S/C6H13NO3/c1-2-10-5(7)3-4-6(8)9/h5H,2-4,7H2,1H3,(H,8,9). The molecule has 0 fully saturated rings. The summed E-state index contributed by atoms with van der Waals surface area (Å²) < 4.78 is 4.91. The summed E-state index contributed by atoms with van der Waals surface area (Å²) in [6, 6.07) is 0. The van der Waals surface area contributed by atoms with Crippen molar-refractivity contribution in [2.24, 2.45) is 5.73 Å². The molecule has 1 unspecified atom stereocenters. The molecule has 0 aliphatic carbocycles. The summed E-state index contributed by atoms with van der Waals surface area (Å²) in [4.78, 5) is 10.00. The van der Waals surface area contributed by atoms with E-state index in [1.54, 1.807) is 0 Å². The van der Waals surface area contributed by atoms with Crippen LogP contribution < -0.4 is 5.73 Å². The van der Waals surface area contributed by atoms with E-state index < -0.39 is 12.2 Å². The number of carbonyl (C=O) groups is 1. The fourth-order valence-corrected chi connectivity index (χ4v) is 0.563. The molecule has 0 saturated heterocycles. The van der Waals surface area contributed by atoms with Crippen LogP contribution in [0.4, 0.5) is 0 Å². The van der Waals surface area contributed by atoms with E-state index in [1.807, 2.05) is 6.92 Å². The van der Waals surface area contributed by atoms with Crippen LogP contribution in [0.25, 0.3) is 0 Å². The zero-order chi connectivity index (χ0) is 7.98. The van der Waals surface area contributed by atoms with Gasteiger partial charge < -0.3 is 15.6 Å². The van der Waals surface area contributed by atoms with Crippen LogP contribution in [0.2, 0.25) is 0 Å². The van der Waals surface area contributed by atoms with Crippen molar-refractivity contribution in [1.82, 2.24) is 0 Å². The molecule has 1 atom stereocenters. The zero-order valence-electron chi connectivity index (χ0n) is 6.04. The number of hydrogen-bond donors (Lipinski definition) is 2. The molecule has 4 heteroatoms. The Morgan fingerprint density at radius 1 is 1.80 bits per heavy atom. The van der Waals surface area contributed by atoms with Crippen LogP contribution in [0.5, 0.6) is 0 Å². The second-order valence-electron chi connectivity index (χ2n) is 1.93. The van der Waals surface area contributed by atoms with Gasteiger partial charge in [0.05, 0.1) is 0 Å². The molecule has 10 heavy (non-hydrogen) atoms. The van der Waals surface area contributed by atoms with Gasteiger partial charge in [0.15, 0.2) is 0 Å². The molecule has 0 aliphatic rings. The first-order valence-electron chi connectivity index (χ1n) is 3.25. The fraction of sp³-hybridized carbons (Fsp3) is 0.833. The smallest absolute Gasteiger partial charge is 0.303 e. The average molecular weight is 147 g/mol. The molecule has 0 bridgehead atoms. The van der Waals surface area contributed by atoms with E-state index in [4.69, 9.17) is 15.6 Å². The van der Waals surface area contributed by atoms with Gasteiger partial charge in [0, 0.05) is 13.0 Å². The van der Waals surface area contributed by atoms with E-state index in [-0.39, 0.29) is 6.42 Å². The lowest BCUT2D eigenvalue weighted by Crippen LogP contribution is -2.24. The molecule has 0 spiro atoms. The quantitative estimate of drug-likeness (QED) is 0.544. The Balaban J connectivity index is 3.21. The summed E-state index contributed by atoms with van der Waals surface area (Å²) in [5.74, 6) is -0.838. The molecule has 0 heterocycles. The molecule has 60 valence electrons. The van der Waals surface area contributed by atoms with Gasteiger partial charge in [-0.2, -0.15) is 0 Å². The van der Waals surface area contributed by atoms with Crippen molar-refractivity contribution in [1.29, 1.82) is 0 Å². The number of nitrogens with two attached hydrogens (primary N) is 1. The monoisotopic (exact) mass is 147 g/mol. The van der Waals surface area contributed by atoms with Crippen LogP contribution in [0.3, 0.4) is 0 Å². The minimum absolute atomic E-state index is 0.0706. The lowest BCUT2D eigenvalue weighted by molar-refractivity contribution is -0.137. The van der Waals surface area contributed by atoms with Gasteiger partial charge in [-0.3, -0.25) is 4.79 Å². The number of carboxylic acids is 1. The Morgan fingerprint density at radius 2 is 2.40 bits per heavy atom. The minimum Gasteiger partial charge on any atom is -0.481 e. The normalized spacial score (nSPS) is 13.0. The molecule has 0 aromatic heterocycles. The summed E-state index contributed by atoms with van der Waals surface area (Å²) in [5.41, 5.74) is 5.35. The van der Waals surface area contributed by atoms with Crippen molar-refractivity contribution in [3.05, 3.63) is 0 Å². The largest absolute Gasteiger partial charge is 0.481 e. The third-order valence-electron chi connectivity index (χ3n) is 1.02. The first kappa shape index (κ1) is 9.39. The number of carboxylic acid groups (broad SMARTS) is 1. The maximum atomic E-state index is 10.00. The molecule has 4 nitrogen and oxygen atoms in total. The van der Waals surface area contributed by atoms with Gasteiger partial charge in [0.25, 0.3) is 0 Å². The van der Waals surface area contributed by atoms with Gasteiger partial charge >= 0.3 is 5.97 Å². The second kappa shape index (κ2) is 5.20. The molecular weight excluding hydrogens is 134 g/mol. The van der Waals surface area contributed by atoms with Gasteiger partial charge in [0.2, 0.25) is 0 Å². The number of ether oxygens (including phenoxy) is 1. The highest BCUT2D eigenvalue weighted by molar-refractivity contribution is 5.66. The van der Waals surface area contributed by atoms with Crippen molar-refractivity contribution in [3.63, 3.8) is 0 Å². The number of hydrogen-bond acceptors (Lipinski definition) is 3. The zero-order valence-corrected chi connectivity index (χ0v) is 6.04. The van der Waals surface area contributed by atoms with Gasteiger partial charge in [-0.25, -0.2) is 0 Å². The van der Waals surface area contributed by atoms with E-state index in [2.05, 4.69) is 0 Å². The predicted octanol–water partition coefficient (Wildman–Crippen LogP) is 0.172. The predicted molar refractivity (Wildman–Crippen MR) is 36.5 cm³/mol. The molecule has 0 amide bonds. The Labute approximate surface area is 60.0 Å². The lowest BCUT2D eigenvalue weighted by Gasteiger charge is -2.08. The van der Waals surface area contributed by atoms with Gasteiger partial charge in [-0.1, -0.05) is 0 Å². The Morgan fingerprint density at radius 3 is 2.80 bits per heavy atom. The van der Waals surface area contributed by atoms with Gasteiger partial charge in [-0.05, 0) is 13.3 Å². The van der Waals surface area contributed by atoms with Crippen LogP contribution in [-0.2, 0) is 9.53 Å². The van der Waals surface area contributed by atoms with E-state index in [1.165, 1.54) is 0 Å². The first-order valence-corrected chi connectivity index (χ1v) is 3.25. The van der Waals surface area contributed by atoms with Crippen molar-refractivity contribution >= 4 is 5.97 Å². The Kier molecular flexibility index (Phi) is 4.88. The molecule has 0 saturated carbocycles. The Bertz CT molecular complexity index is 105. The SMILES string of the molecule is CCOC(N)CCC(=O)O. The van der Waals surface area contributed by atoms with Gasteiger partial charge in [0.1, 0.15) is 6.23 Å². The van der Waals surface area contributed by atoms with E-state index in [0.29, 0.717) is 13.0 Å². The average Bonchev–Trinajstić information content (AvgIpc) is 1.85. The summed E-state index contributed by atoms with van der Waals surface area (Å²) in [6.07, 6.45) is 0.0192. The van der Waals surface area contributed by atoms with Crippen molar-refractivity contribution in [3.8, 4) is 0 Å². The lowest BCUT2D eigenvalue weighted by atomic mass is 10.3. The molecule has 3 N–H and O–H groups in total. The highest BCUT2D eigenvalue weighted by Gasteiger charge is 2.03. The summed E-state index contributed by atoms with van der Waals surface area (Å²) in [5, 5.41) is 8.22. The summed E-state index contributed by atoms with van der Waals surface area (Å²) >= 11 is 0. The summed E-state index contributed by atoms with van der Waals surface area (Å²) in [6.45, 7) is 2.35. The topological polar surface area (TPSA) is 72.5 Å². The van der Waals surface area contributed by atoms with Crippen LogP contribution in [0.1, 0.15) is 19.8 Å². The number of aliphatic carboxylic acids is 1. The maximum absolute atomic E-state index is 10.00. The second-order valence-corrected chi connectivity index (χ2v) is 1.93. The molecule has 0 aromatic carbocycles. The molecule has 0 aliphatic heterocycles. The van der Waals surface area contributed by atoms with E-state index in [0.717, 1.165) is 0 Å².